The summed E-state index contributed by atoms with van der Waals surface area (Å²) in [7, 11) is 0. The Kier molecular flexibility index (Phi) is 10.6. The summed E-state index contributed by atoms with van der Waals surface area (Å²) >= 11 is 0. The molecule has 2 fully saturated rings. The summed E-state index contributed by atoms with van der Waals surface area (Å²) in [6, 6.07) is 49.0. The van der Waals surface area contributed by atoms with Crippen LogP contribution < -0.4 is 31.1 Å². The van der Waals surface area contributed by atoms with E-state index in [1.54, 1.807) is 0 Å². The van der Waals surface area contributed by atoms with Crippen LogP contribution in [0.5, 0.6) is 0 Å². The normalized spacial score (nSPS) is 19.1. The molecular formula is C63H76BN3. The molecule has 6 aromatic carbocycles. The molecule has 346 valence electrons. The molecule has 2 bridgehead atoms. The lowest BCUT2D eigenvalue weighted by atomic mass is 9.33. The Balaban J connectivity index is 1.31. The van der Waals surface area contributed by atoms with Gasteiger partial charge in [0, 0.05) is 45.9 Å². The first-order valence-electron chi connectivity index (χ1n) is 25.5. The lowest BCUT2D eigenvalue weighted by Gasteiger charge is -2.48. The largest absolute Gasteiger partial charge is 0.339 e. The Hall–Kier alpha value is -5.22. The number of benzene rings is 6. The second kappa shape index (κ2) is 15.7. The van der Waals surface area contributed by atoms with Gasteiger partial charge in [-0.25, -0.2) is 0 Å². The van der Waals surface area contributed by atoms with E-state index >= 15 is 0 Å². The maximum absolute atomic E-state index is 2.88. The zero-order valence-electron chi connectivity index (χ0n) is 43.5. The van der Waals surface area contributed by atoms with Crippen LogP contribution in [0, 0.1) is 11.8 Å². The number of fused-ring (bicyclic) bond motifs is 6. The summed E-state index contributed by atoms with van der Waals surface area (Å²) in [4.78, 5) is 8.06. The predicted molar refractivity (Wildman–Crippen MR) is 292 cm³/mol. The van der Waals surface area contributed by atoms with Gasteiger partial charge in [-0.15, -0.1) is 0 Å². The molecule has 0 amide bonds. The predicted octanol–water partition coefficient (Wildman–Crippen LogP) is 15.6. The highest BCUT2D eigenvalue weighted by Gasteiger charge is 2.50. The first kappa shape index (κ1) is 45.6. The molecule has 0 spiro atoms. The summed E-state index contributed by atoms with van der Waals surface area (Å²) in [5, 5.41) is 0. The highest BCUT2D eigenvalue weighted by molar-refractivity contribution is 7.00. The van der Waals surface area contributed by atoms with E-state index in [1.165, 1.54) is 115 Å². The van der Waals surface area contributed by atoms with Gasteiger partial charge in [-0.3, -0.25) is 0 Å². The zero-order valence-corrected chi connectivity index (χ0v) is 43.5. The molecule has 2 aliphatic heterocycles. The fourth-order valence-electron chi connectivity index (χ4n) is 12.0. The van der Waals surface area contributed by atoms with Crippen molar-refractivity contribution in [3.8, 4) is 0 Å². The van der Waals surface area contributed by atoms with Crippen LogP contribution in [0.25, 0.3) is 0 Å². The van der Waals surface area contributed by atoms with Crippen LogP contribution in [0.3, 0.4) is 0 Å². The molecule has 0 saturated heterocycles. The average Bonchev–Trinajstić information content (AvgIpc) is 3.89. The van der Waals surface area contributed by atoms with Gasteiger partial charge in [0.05, 0.1) is 5.69 Å². The van der Waals surface area contributed by atoms with Crippen LogP contribution in [0.2, 0.25) is 0 Å². The third kappa shape index (κ3) is 8.03. The van der Waals surface area contributed by atoms with E-state index in [2.05, 4.69) is 240 Å². The summed E-state index contributed by atoms with van der Waals surface area (Å²) in [5.41, 5.74) is 21.3. The summed E-state index contributed by atoms with van der Waals surface area (Å²) in [6.45, 7) is 35.1. The van der Waals surface area contributed by atoms with Gasteiger partial charge in [-0.05, 0) is 163 Å². The fraction of sp³-hybridized carbons (Fsp3) is 0.429. The summed E-state index contributed by atoms with van der Waals surface area (Å²) < 4.78 is 0. The van der Waals surface area contributed by atoms with Crippen molar-refractivity contribution >= 4 is 68.6 Å². The number of hydrogen-bond donors (Lipinski definition) is 0. The molecule has 0 N–H and O–H groups in total. The zero-order chi connectivity index (χ0) is 47.7. The molecule has 2 aliphatic carbocycles. The van der Waals surface area contributed by atoms with Gasteiger partial charge in [0.15, 0.2) is 0 Å². The van der Waals surface area contributed by atoms with Crippen molar-refractivity contribution in [2.24, 2.45) is 11.8 Å². The maximum Gasteiger partial charge on any atom is 0.252 e. The highest BCUT2D eigenvalue weighted by Crippen LogP contribution is 2.53. The van der Waals surface area contributed by atoms with Crippen molar-refractivity contribution in [1.29, 1.82) is 0 Å². The van der Waals surface area contributed by atoms with Crippen molar-refractivity contribution in [3.05, 3.63) is 149 Å². The molecule has 3 unspecified atom stereocenters. The van der Waals surface area contributed by atoms with Crippen LogP contribution in [-0.2, 0) is 27.1 Å². The second-order valence-corrected chi connectivity index (χ2v) is 26.1. The molecule has 2 saturated carbocycles. The van der Waals surface area contributed by atoms with Gasteiger partial charge < -0.3 is 14.7 Å². The summed E-state index contributed by atoms with van der Waals surface area (Å²) in [6.07, 6.45) is 5.29. The van der Waals surface area contributed by atoms with E-state index in [-0.39, 0.29) is 33.8 Å². The van der Waals surface area contributed by atoms with Crippen LogP contribution in [-0.4, -0.2) is 12.8 Å². The number of nitrogens with zero attached hydrogens (tertiary/aromatic N) is 3. The quantitative estimate of drug-likeness (QED) is 0.160. The molecule has 4 aliphatic rings. The Labute approximate surface area is 405 Å². The lowest BCUT2D eigenvalue weighted by Crippen LogP contribution is -2.63. The Morgan fingerprint density at radius 1 is 0.418 bits per heavy atom. The molecule has 3 atom stereocenters. The molecule has 2 heterocycles. The van der Waals surface area contributed by atoms with E-state index in [0.717, 1.165) is 5.92 Å². The average molecular weight is 886 g/mol. The Bertz CT molecular complexity index is 2780. The Morgan fingerprint density at radius 3 is 1.30 bits per heavy atom. The van der Waals surface area contributed by atoms with E-state index in [0.29, 0.717) is 12.0 Å². The first-order valence-corrected chi connectivity index (χ1v) is 25.5. The molecule has 10 rings (SSSR count). The van der Waals surface area contributed by atoms with Gasteiger partial charge in [-0.2, -0.15) is 0 Å². The SMILES string of the molecule is CC(C)(C)c1ccc(N(c2ccc(C(C)(C)C)cc2)c2cc3c4c(c2)N(C2CC5CCC2C5)c2ccc(C(C)(C)C)cc2B4c2cc(C(C)(C)C)ccc2N3c2ccc(C(C)(C)C)cc2)cc1. The minimum absolute atomic E-state index is 0.00731. The van der Waals surface area contributed by atoms with Gasteiger partial charge in [0.2, 0.25) is 0 Å². The van der Waals surface area contributed by atoms with Gasteiger partial charge in [0.25, 0.3) is 6.71 Å². The molecule has 0 aromatic heterocycles. The number of anilines is 8. The standard InChI is InChI=1S/C63H76BN3/c1-59(2,3)42-18-26-47(27-19-42)65(48-28-20-43(21-29-48)60(4,5)6)50-38-56-58-57(39-50)67(55-35-40-16-17-41(55)34-40)54-33-25-46(63(13,14)15)37-52(54)64(58)51-36-45(62(10,11)12)24-32-53(51)66(56)49-30-22-44(23-31-49)61(7,8)9/h18-33,36-41,55H,16-17,34-35H2,1-15H3. The van der Waals surface area contributed by atoms with E-state index < -0.39 is 0 Å². The van der Waals surface area contributed by atoms with Crippen LogP contribution in [0.4, 0.5) is 45.5 Å². The first-order chi connectivity index (χ1) is 31.4. The summed E-state index contributed by atoms with van der Waals surface area (Å²) in [5.74, 6) is 1.49. The number of hydrogen-bond acceptors (Lipinski definition) is 3. The van der Waals surface area contributed by atoms with Gasteiger partial charge in [0.1, 0.15) is 0 Å². The highest BCUT2D eigenvalue weighted by atomic mass is 15.2. The number of rotatable bonds is 5. The van der Waals surface area contributed by atoms with Crippen molar-refractivity contribution in [2.45, 2.75) is 163 Å². The molecule has 3 nitrogen and oxygen atoms in total. The second-order valence-electron chi connectivity index (χ2n) is 26.1. The van der Waals surface area contributed by atoms with Crippen molar-refractivity contribution in [3.63, 3.8) is 0 Å². The molecule has 67 heavy (non-hydrogen) atoms. The van der Waals surface area contributed by atoms with Crippen LogP contribution >= 0.6 is 0 Å². The van der Waals surface area contributed by atoms with Crippen molar-refractivity contribution in [1.82, 2.24) is 0 Å². The Morgan fingerprint density at radius 2 is 0.851 bits per heavy atom. The van der Waals surface area contributed by atoms with Crippen LogP contribution in [0.1, 0.15) is 157 Å². The molecule has 4 heteroatoms. The third-order valence-corrected chi connectivity index (χ3v) is 16.1. The van der Waals surface area contributed by atoms with Crippen LogP contribution in [0.15, 0.2) is 121 Å². The van der Waals surface area contributed by atoms with E-state index in [4.69, 9.17) is 0 Å². The fourth-order valence-corrected chi connectivity index (χ4v) is 12.0. The molecular weight excluding hydrogens is 810 g/mol. The van der Waals surface area contributed by atoms with Gasteiger partial charge >= 0.3 is 0 Å². The molecule has 0 radical (unpaired) electrons. The third-order valence-electron chi connectivity index (χ3n) is 16.1. The van der Waals surface area contributed by atoms with Crippen molar-refractivity contribution < 1.29 is 0 Å². The monoisotopic (exact) mass is 886 g/mol. The topological polar surface area (TPSA) is 9.72 Å². The minimum atomic E-state index is -0.00731. The maximum atomic E-state index is 2.88. The smallest absolute Gasteiger partial charge is 0.252 e. The minimum Gasteiger partial charge on any atom is -0.339 e. The van der Waals surface area contributed by atoms with Crippen molar-refractivity contribution in [2.75, 3.05) is 14.7 Å². The molecule has 6 aromatic rings. The van der Waals surface area contributed by atoms with Gasteiger partial charge in [-0.1, -0.05) is 171 Å². The van der Waals surface area contributed by atoms with E-state index in [9.17, 15) is 0 Å². The van der Waals surface area contributed by atoms with E-state index in [1.807, 2.05) is 0 Å². The lowest BCUT2D eigenvalue weighted by molar-refractivity contribution is 0.413.